The van der Waals surface area contributed by atoms with E-state index in [1.165, 1.54) is 30.1 Å². The average Bonchev–Trinajstić information content (AvgIpc) is 3.24. The van der Waals surface area contributed by atoms with E-state index in [2.05, 4.69) is 19.8 Å². The van der Waals surface area contributed by atoms with Crippen molar-refractivity contribution >= 4 is 21.6 Å². The van der Waals surface area contributed by atoms with Crippen LogP contribution in [0.5, 0.6) is 11.8 Å². The molecule has 34 heavy (non-hydrogen) atoms. The molecule has 1 aliphatic rings. The van der Waals surface area contributed by atoms with Gasteiger partial charge in [-0.2, -0.15) is 5.10 Å². The maximum atomic E-state index is 14.8. The van der Waals surface area contributed by atoms with Gasteiger partial charge in [0.1, 0.15) is 10.7 Å². The van der Waals surface area contributed by atoms with Crippen LogP contribution < -0.4 is 19.9 Å². The van der Waals surface area contributed by atoms with E-state index in [9.17, 15) is 13.4 Å². The van der Waals surface area contributed by atoms with E-state index in [1.54, 1.807) is 32.2 Å². The van der Waals surface area contributed by atoms with Gasteiger partial charge in [-0.15, -0.1) is 4.36 Å². The van der Waals surface area contributed by atoms with E-state index in [0.717, 1.165) is 6.42 Å². The van der Waals surface area contributed by atoms with Crippen LogP contribution in [0.3, 0.4) is 0 Å². The van der Waals surface area contributed by atoms with Crippen molar-refractivity contribution in [3.63, 3.8) is 0 Å². The van der Waals surface area contributed by atoms with E-state index in [0.29, 0.717) is 30.2 Å². The highest BCUT2D eigenvalue weighted by Crippen LogP contribution is 2.37. The molecule has 0 spiro atoms. The molecule has 180 valence electrons. The first-order valence-corrected chi connectivity index (χ1v) is 12.2. The van der Waals surface area contributed by atoms with Crippen molar-refractivity contribution in [1.29, 1.82) is 0 Å². The van der Waals surface area contributed by atoms with Gasteiger partial charge >= 0.3 is 6.03 Å². The molecule has 4 rings (SSSR count). The normalized spacial score (nSPS) is 14.6. The number of aromatic nitrogens is 3. The Kier molecular flexibility index (Phi) is 6.53. The fraction of sp³-hybridized carbons (Fsp3) is 0.318. The number of methoxy groups -OCH3 is 1. The molecular weight excluding hydrogens is 463 g/mol. The summed E-state index contributed by atoms with van der Waals surface area (Å²) in [6.07, 6.45) is 3.58. The van der Waals surface area contributed by atoms with Crippen LogP contribution >= 0.6 is 0 Å². The molecule has 3 aromatic rings. The van der Waals surface area contributed by atoms with E-state index in [-0.39, 0.29) is 27.9 Å². The van der Waals surface area contributed by atoms with Crippen LogP contribution in [0.4, 0.5) is 14.9 Å². The maximum Gasteiger partial charge on any atom is 0.354 e. The minimum Gasteiger partial charge on any atom is -0.481 e. The number of hydrogen-bond acceptors (Lipinski definition) is 6. The molecule has 0 bridgehead atoms. The van der Waals surface area contributed by atoms with Gasteiger partial charge in [-0.1, -0.05) is 13.8 Å². The number of ether oxygens (including phenoxy) is 2. The van der Waals surface area contributed by atoms with Crippen LogP contribution in [-0.2, 0) is 16.5 Å². The zero-order chi connectivity index (χ0) is 24.5. The van der Waals surface area contributed by atoms with Gasteiger partial charge in [-0.05, 0) is 29.7 Å². The van der Waals surface area contributed by atoms with Crippen LogP contribution in [-0.4, -0.2) is 38.7 Å². The topological polar surface area (TPSA) is 134 Å². The van der Waals surface area contributed by atoms with Crippen molar-refractivity contribution in [2.75, 3.05) is 19.0 Å². The van der Waals surface area contributed by atoms with Crippen molar-refractivity contribution in [3.8, 4) is 22.9 Å². The number of amides is 2. The summed E-state index contributed by atoms with van der Waals surface area (Å²) in [6, 6.07) is 5.24. The molecule has 10 nitrogen and oxygen atoms in total. The molecule has 0 saturated carbocycles. The third-order valence-corrected chi connectivity index (χ3v) is 6.65. The first-order chi connectivity index (χ1) is 16.2. The zero-order valence-corrected chi connectivity index (χ0v) is 19.8. The summed E-state index contributed by atoms with van der Waals surface area (Å²) in [5.74, 6) is -0.195. The minimum atomic E-state index is -3.68. The van der Waals surface area contributed by atoms with Gasteiger partial charge in [-0.25, -0.2) is 28.2 Å². The van der Waals surface area contributed by atoms with Crippen LogP contribution in [0.2, 0.25) is 0 Å². The molecule has 3 heterocycles. The number of fused-ring (bicyclic) bond motifs is 1. The van der Waals surface area contributed by atoms with Gasteiger partial charge in [0.25, 0.3) is 0 Å². The fourth-order valence-electron chi connectivity index (χ4n) is 3.77. The number of pyridine rings is 1. The van der Waals surface area contributed by atoms with E-state index in [4.69, 9.17) is 14.6 Å². The summed E-state index contributed by atoms with van der Waals surface area (Å²) in [6.45, 7) is 4.59. The largest absolute Gasteiger partial charge is 0.481 e. The van der Waals surface area contributed by atoms with Crippen LogP contribution in [0.1, 0.15) is 31.7 Å². The van der Waals surface area contributed by atoms with Crippen LogP contribution in [0.15, 0.2) is 45.9 Å². The van der Waals surface area contributed by atoms with E-state index in [1.807, 2.05) is 0 Å². The number of nitrogens with zero attached hydrogens (tertiary/aromatic N) is 4. The first-order valence-electron chi connectivity index (χ1n) is 10.6. The fourth-order valence-corrected chi connectivity index (χ4v) is 4.77. The lowest BCUT2D eigenvalue weighted by atomic mass is 9.94. The number of nitrogens with two attached hydrogens (primary N) is 1. The number of urea groups is 1. The molecule has 1 unspecified atom stereocenters. The number of nitrogens with one attached hydrogen (secondary N) is 1. The number of carbonyl (C=O) groups excluding carboxylic acids is 1. The van der Waals surface area contributed by atoms with E-state index >= 15 is 0 Å². The Morgan fingerprint density at radius 1 is 1.38 bits per heavy atom. The number of benzene rings is 1. The summed E-state index contributed by atoms with van der Waals surface area (Å²) in [4.78, 5) is 17.0. The molecule has 2 amide bonds. The quantitative estimate of drug-likeness (QED) is 0.559. The molecule has 0 saturated heterocycles. The lowest BCUT2D eigenvalue weighted by molar-refractivity contribution is 0.224. The number of hydrogen-bond donors (Lipinski definition) is 2. The predicted molar refractivity (Wildman–Crippen MR) is 125 cm³/mol. The van der Waals surface area contributed by atoms with Crippen molar-refractivity contribution < 1.29 is 22.9 Å². The Labute approximate surface area is 196 Å². The maximum absolute atomic E-state index is 14.8. The number of anilines is 1. The highest BCUT2D eigenvalue weighted by Gasteiger charge is 2.25. The summed E-state index contributed by atoms with van der Waals surface area (Å²) >= 11 is 0. The SMILES string of the molecule is COc1cc(-c2ccc(F)c(C(C)C)c2NC(=O)N=S(N)(=O)c2cnn3c2OCCC3)ccn1. The zero-order valence-electron chi connectivity index (χ0n) is 18.9. The number of aryl methyl sites for hydroxylation is 1. The average molecular weight is 489 g/mol. The van der Waals surface area contributed by atoms with Gasteiger partial charge in [0.15, 0.2) is 9.92 Å². The molecular formula is C22H25FN6O4S. The van der Waals surface area contributed by atoms with Gasteiger partial charge in [0.05, 0.1) is 25.6 Å². The summed E-state index contributed by atoms with van der Waals surface area (Å²) in [5.41, 5.74) is 1.62. The second-order valence-electron chi connectivity index (χ2n) is 7.95. The molecule has 0 radical (unpaired) electrons. The lowest BCUT2D eigenvalue weighted by Crippen LogP contribution is -2.21. The second kappa shape index (κ2) is 9.39. The second-order valence-corrected chi connectivity index (χ2v) is 9.71. The van der Waals surface area contributed by atoms with Crippen molar-refractivity contribution in [2.24, 2.45) is 9.50 Å². The van der Waals surface area contributed by atoms with Crippen molar-refractivity contribution in [2.45, 2.75) is 37.6 Å². The van der Waals surface area contributed by atoms with Gasteiger partial charge < -0.3 is 14.8 Å². The highest BCUT2D eigenvalue weighted by atomic mass is 32.2. The summed E-state index contributed by atoms with van der Waals surface area (Å²) < 4.78 is 43.9. The minimum absolute atomic E-state index is 0.0322. The monoisotopic (exact) mass is 488 g/mol. The Morgan fingerprint density at radius 2 is 2.18 bits per heavy atom. The number of carbonyl (C=O) groups is 1. The Morgan fingerprint density at radius 3 is 2.91 bits per heavy atom. The Hall–Kier alpha value is -3.51. The molecule has 2 aromatic heterocycles. The smallest absolute Gasteiger partial charge is 0.354 e. The molecule has 0 aliphatic carbocycles. The van der Waals surface area contributed by atoms with Gasteiger partial charge in [0.2, 0.25) is 11.8 Å². The van der Waals surface area contributed by atoms with Gasteiger partial charge in [-0.3, -0.25) is 0 Å². The Balaban J connectivity index is 1.77. The predicted octanol–water partition coefficient (Wildman–Crippen LogP) is 3.93. The van der Waals surface area contributed by atoms with Crippen LogP contribution in [0.25, 0.3) is 11.1 Å². The standard InChI is InChI=1S/C22H25FN6O4S/c1-13(2)19-16(23)6-5-15(14-7-8-25-18(11-14)32-3)20(19)27-22(30)28-34(24,31)17-12-26-29-9-4-10-33-21(17)29/h5-8,11-13H,4,9-10H2,1-3H3,(H3,24,27,28,30,31). The summed E-state index contributed by atoms with van der Waals surface area (Å²) in [5, 5.41) is 12.7. The first kappa shape index (κ1) is 23.6. The van der Waals surface area contributed by atoms with E-state index < -0.39 is 21.8 Å². The Bertz CT molecular complexity index is 1360. The molecule has 1 aliphatic heterocycles. The highest BCUT2D eigenvalue weighted by molar-refractivity contribution is 7.91. The third-order valence-electron chi connectivity index (χ3n) is 5.30. The van der Waals surface area contributed by atoms with Crippen molar-refractivity contribution in [1.82, 2.24) is 14.8 Å². The van der Waals surface area contributed by atoms with Gasteiger partial charge in [0, 0.05) is 36.4 Å². The number of halogens is 1. The lowest BCUT2D eigenvalue weighted by Gasteiger charge is -2.19. The molecule has 1 aromatic carbocycles. The van der Waals surface area contributed by atoms with Crippen LogP contribution in [0, 0.1) is 5.82 Å². The molecule has 0 fully saturated rings. The molecule has 1 atom stereocenters. The molecule has 12 heteroatoms. The summed E-state index contributed by atoms with van der Waals surface area (Å²) in [7, 11) is -2.20. The third kappa shape index (κ3) is 4.59. The van der Waals surface area contributed by atoms with Crippen molar-refractivity contribution in [3.05, 3.63) is 48.0 Å². The number of rotatable bonds is 5. The molecule has 3 N–H and O–H groups in total.